The van der Waals surface area contributed by atoms with Gasteiger partial charge in [0.05, 0.1) is 0 Å². The van der Waals surface area contributed by atoms with E-state index in [-0.39, 0.29) is 93.2 Å². The standard InChI is InChI=1S/2C17H13ClN2O4S.Ba/c2*1-10-8-16(25(22,23)24)14(9-13(10)18)19-20-17-12-5-3-2-4-11(12)6-7-15(17)21;/h2*2-9,21H,1H3,(H,22,23,24);/q;;+2. The molecule has 0 bridgehead atoms. The van der Waals surface area contributed by atoms with E-state index in [2.05, 4.69) is 20.5 Å². The molecule has 0 spiro atoms. The third-order valence-electron chi connectivity index (χ3n) is 7.31. The molecular weight excluding hydrogens is 865 g/mol. The molecule has 0 aliphatic rings. The molecule has 4 N–H and O–H groups in total. The summed E-state index contributed by atoms with van der Waals surface area (Å²) in [6.45, 7) is 3.21. The normalized spacial score (nSPS) is 11.9. The van der Waals surface area contributed by atoms with Gasteiger partial charge >= 0.3 is 48.9 Å². The van der Waals surface area contributed by atoms with Crippen molar-refractivity contribution in [3.63, 3.8) is 0 Å². The van der Waals surface area contributed by atoms with Gasteiger partial charge in [-0.1, -0.05) is 83.9 Å². The van der Waals surface area contributed by atoms with Crippen molar-refractivity contribution in [3.8, 4) is 11.5 Å². The van der Waals surface area contributed by atoms with Crippen LogP contribution in [0.3, 0.4) is 0 Å². The summed E-state index contributed by atoms with van der Waals surface area (Å²) in [6.07, 6.45) is 0. The van der Waals surface area contributed by atoms with E-state index in [1.165, 1.54) is 36.4 Å². The number of azo groups is 2. The van der Waals surface area contributed by atoms with Crippen LogP contribution in [0.1, 0.15) is 11.1 Å². The number of aromatic hydroxyl groups is 2. The fourth-order valence-electron chi connectivity index (χ4n) is 4.76. The molecule has 0 heterocycles. The molecule has 17 heteroatoms. The predicted molar refractivity (Wildman–Crippen MR) is 197 cm³/mol. The fraction of sp³-hybridized carbons (Fsp3) is 0.0588. The number of benzene rings is 6. The number of aryl methyl sites for hydroxylation is 2. The van der Waals surface area contributed by atoms with Gasteiger partial charge in [-0.15, -0.1) is 20.5 Å². The van der Waals surface area contributed by atoms with Gasteiger partial charge in [0, 0.05) is 20.8 Å². The van der Waals surface area contributed by atoms with Gasteiger partial charge in [0.2, 0.25) is 0 Å². The molecule has 0 aliphatic carbocycles. The molecule has 0 aromatic heterocycles. The summed E-state index contributed by atoms with van der Waals surface area (Å²) in [5.41, 5.74) is 1.09. The molecule has 12 nitrogen and oxygen atoms in total. The summed E-state index contributed by atoms with van der Waals surface area (Å²) in [7, 11) is -9.01. The maximum atomic E-state index is 11.6. The number of hydrogen-bond donors (Lipinski definition) is 4. The number of nitrogens with zero attached hydrogens (tertiary/aromatic N) is 4. The number of phenolic OH excluding ortho intramolecular Hbond substituents is 2. The van der Waals surface area contributed by atoms with E-state index in [0.29, 0.717) is 21.9 Å². The third-order valence-corrected chi connectivity index (χ3v) is 9.89. The maximum absolute atomic E-state index is 11.6. The molecule has 0 saturated carbocycles. The molecule has 0 aliphatic heterocycles. The van der Waals surface area contributed by atoms with Crippen LogP contribution in [0.25, 0.3) is 21.5 Å². The van der Waals surface area contributed by atoms with Gasteiger partial charge in [0.25, 0.3) is 20.2 Å². The number of fused-ring (bicyclic) bond motifs is 2. The Labute approximate surface area is 343 Å². The van der Waals surface area contributed by atoms with Crippen LogP contribution in [0.5, 0.6) is 11.5 Å². The Bertz CT molecular complexity index is 2410. The number of hydrogen-bond acceptors (Lipinski definition) is 10. The van der Waals surface area contributed by atoms with Crippen molar-refractivity contribution in [1.82, 2.24) is 0 Å². The molecule has 0 saturated heterocycles. The molecule has 0 amide bonds. The van der Waals surface area contributed by atoms with Gasteiger partial charge in [0.15, 0.2) is 0 Å². The summed E-state index contributed by atoms with van der Waals surface area (Å²) in [5.74, 6) is -0.205. The zero-order chi connectivity index (χ0) is 36.4. The Kier molecular flexibility index (Phi) is 13.1. The van der Waals surface area contributed by atoms with Crippen LogP contribution in [0, 0.1) is 13.8 Å². The van der Waals surface area contributed by atoms with Gasteiger partial charge in [-0.2, -0.15) is 16.8 Å². The zero-order valence-corrected chi connectivity index (χ0v) is 34.3. The topological polar surface area (TPSA) is 199 Å². The van der Waals surface area contributed by atoms with Crippen molar-refractivity contribution in [2.45, 2.75) is 23.6 Å². The zero-order valence-electron chi connectivity index (χ0n) is 26.7. The minimum absolute atomic E-state index is 0. The smallest absolute Gasteiger partial charge is 0.506 e. The summed E-state index contributed by atoms with van der Waals surface area (Å²) < 4.78 is 65.1. The summed E-state index contributed by atoms with van der Waals surface area (Å²) in [5, 5.41) is 39.4. The van der Waals surface area contributed by atoms with Crippen molar-refractivity contribution < 1.29 is 36.2 Å². The number of rotatable bonds is 6. The largest absolute Gasteiger partial charge is 2.00 e. The van der Waals surface area contributed by atoms with Gasteiger partial charge in [-0.05, 0) is 72.1 Å². The van der Waals surface area contributed by atoms with E-state index in [0.717, 1.165) is 10.8 Å². The van der Waals surface area contributed by atoms with Crippen molar-refractivity contribution in [2.24, 2.45) is 20.5 Å². The first-order valence-electron chi connectivity index (χ1n) is 14.3. The minimum Gasteiger partial charge on any atom is -0.506 e. The van der Waals surface area contributed by atoms with Crippen LogP contribution in [0.2, 0.25) is 10.0 Å². The third kappa shape index (κ3) is 9.54. The Balaban J connectivity index is 0.000000224. The summed E-state index contributed by atoms with van der Waals surface area (Å²) in [4.78, 5) is -0.809. The van der Waals surface area contributed by atoms with Gasteiger partial charge in [0.1, 0.15) is 44.0 Å². The van der Waals surface area contributed by atoms with Crippen LogP contribution in [-0.2, 0) is 20.2 Å². The Morgan fingerprint density at radius 1 is 0.529 bits per heavy atom. The second kappa shape index (κ2) is 16.5. The van der Waals surface area contributed by atoms with Gasteiger partial charge < -0.3 is 10.2 Å². The second-order valence-electron chi connectivity index (χ2n) is 10.8. The second-order valence-corrected chi connectivity index (χ2v) is 14.4. The Morgan fingerprint density at radius 3 is 1.24 bits per heavy atom. The first-order chi connectivity index (χ1) is 23.5. The van der Waals surface area contributed by atoms with Crippen molar-refractivity contribution in [1.29, 1.82) is 0 Å². The van der Waals surface area contributed by atoms with Crippen molar-refractivity contribution in [3.05, 3.63) is 118 Å². The molecule has 0 fully saturated rings. The van der Waals surface area contributed by atoms with Crippen LogP contribution in [0.4, 0.5) is 22.7 Å². The number of phenols is 2. The average molecular weight is 891 g/mol. The summed E-state index contributed by atoms with van der Waals surface area (Å²) >= 11 is 12.0. The molecule has 6 aromatic rings. The molecule has 6 rings (SSSR count). The Hall–Kier alpha value is -3.39. The minimum atomic E-state index is -4.50. The van der Waals surface area contributed by atoms with E-state index in [1.54, 1.807) is 50.2 Å². The van der Waals surface area contributed by atoms with E-state index in [4.69, 9.17) is 23.2 Å². The maximum Gasteiger partial charge on any atom is 2.00 e. The van der Waals surface area contributed by atoms with Crippen LogP contribution in [-0.4, -0.2) is 85.0 Å². The fourth-order valence-corrected chi connectivity index (χ4v) is 6.46. The van der Waals surface area contributed by atoms with Gasteiger partial charge in [-0.25, -0.2) is 0 Å². The van der Waals surface area contributed by atoms with Gasteiger partial charge in [-0.3, -0.25) is 9.11 Å². The van der Waals surface area contributed by atoms with Crippen molar-refractivity contribution in [2.75, 3.05) is 0 Å². The molecular formula is C34H26BaCl2N4O8S2+2. The summed E-state index contributed by atoms with van der Waals surface area (Å²) in [6, 6.07) is 25.9. The SMILES string of the molecule is Cc1cc(S(=O)(=O)O)c(N=Nc2c(O)ccc3ccccc23)cc1Cl.Cc1cc(S(=O)(=O)O)c(N=Nc2c(O)ccc3ccccc23)cc1Cl.[Ba+2]. The molecule has 51 heavy (non-hydrogen) atoms. The van der Waals surface area contributed by atoms with E-state index >= 15 is 0 Å². The molecule has 0 radical (unpaired) electrons. The van der Waals surface area contributed by atoms with E-state index in [1.807, 2.05) is 24.3 Å². The average Bonchev–Trinajstić information content (AvgIpc) is 3.06. The molecule has 6 aromatic carbocycles. The first-order valence-corrected chi connectivity index (χ1v) is 18.0. The Morgan fingerprint density at radius 2 is 0.882 bits per heavy atom. The van der Waals surface area contributed by atoms with E-state index in [9.17, 15) is 36.2 Å². The quantitative estimate of drug-likeness (QED) is 0.0719. The van der Waals surface area contributed by atoms with Crippen LogP contribution in [0.15, 0.2) is 127 Å². The number of halogens is 2. The van der Waals surface area contributed by atoms with E-state index < -0.39 is 30.0 Å². The monoisotopic (exact) mass is 890 g/mol. The van der Waals surface area contributed by atoms with Crippen LogP contribution < -0.4 is 0 Å². The molecule has 0 unspecified atom stereocenters. The molecule has 0 atom stereocenters. The predicted octanol–water partition coefficient (Wildman–Crippen LogP) is 9.96. The van der Waals surface area contributed by atoms with Crippen LogP contribution >= 0.6 is 23.2 Å². The first kappa shape index (κ1) is 40.4. The van der Waals surface area contributed by atoms with Crippen molar-refractivity contribution >= 4 is 137 Å². The molecule has 256 valence electrons.